The van der Waals surface area contributed by atoms with E-state index in [0.29, 0.717) is 35.9 Å². The monoisotopic (exact) mass is 502 g/mol. The fraction of sp³-hybridized carbons (Fsp3) is 0.241. The number of nitrogen functional groups attached to an aromatic ring is 1. The normalized spacial score (nSPS) is 10.9. The zero-order chi connectivity index (χ0) is 26.4. The minimum absolute atomic E-state index is 0.00150. The number of benzene rings is 3. The predicted octanol–water partition coefficient (Wildman–Crippen LogP) is 5.22. The quantitative estimate of drug-likeness (QED) is 0.164. The smallest absolute Gasteiger partial charge is 0.310 e. The van der Waals surface area contributed by atoms with Gasteiger partial charge in [0, 0.05) is 29.2 Å². The third-order valence-corrected chi connectivity index (χ3v) is 5.91. The summed E-state index contributed by atoms with van der Waals surface area (Å²) in [7, 11) is 3.22. The summed E-state index contributed by atoms with van der Waals surface area (Å²) in [5.41, 5.74) is 11.2. The lowest BCUT2D eigenvalue weighted by Crippen LogP contribution is -2.10. The number of methoxy groups -OCH3 is 2. The molecule has 4 rings (SSSR count). The van der Waals surface area contributed by atoms with Gasteiger partial charge < -0.3 is 29.1 Å². The fourth-order valence-corrected chi connectivity index (χ4v) is 4.11. The van der Waals surface area contributed by atoms with E-state index in [1.54, 1.807) is 33.5 Å². The summed E-state index contributed by atoms with van der Waals surface area (Å²) in [6, 6.07) is 17.0. The first-order valence-electron chi connectivity index (χ1n) is 11.9. The highest BCUT2D eigenvalue weighted by atomic mass is 16.5. The number of furan rings is 1. The van der Waals surface area contributed by atoms with E-state index >= 15 is 0 Å². The molecule has 3 N–H and O–H groups in total. The Morgan fingerprint density at radius 3 is 2.54 bits per heavy atom. The summed E-state index contributed by atoms with van der Waals surface area (Å²) < 4.78 is 28.0. The molecule has 0 bridgehead atoms. The number of hydrogen-bond acceptors (Lipinski definition) is 7. The average Bonchev–Trinajstić information content (AvgIpc) is 3.31. The van der Waals surface area contributed by atoms with Gasteiger partial charge in [-0.1, -0.05) is 30.3 Å². The van der Waals surface area contributed by atoms with Gasteiger partial charge in [-0.15, -0.1) is 0 Å². The lowest BCUT2D eigenvalue weighted by atomic mass is 10.00. The number of amidine groups is 1. The number of nitrogens with two attached hydrogens (primary N) is 1. The molecule has 192 valence electrons. The van der Waals surface area contributed by atoms with Gasteiger partial charge in [0.25, 0.3) is 0 Å². The van der Waals surface area contributed by atoms with Crippen molar-refractivity contribution in [3.8, 4) is 22.6 Å². The summed E-state index contributed by atoms with van der Waals surface area (Å²) in [4.78, 5) is 12.1. The lowest BCUT2D eigenvalue weighted by molar-refractivity contribution is -0.142. The van der Waals surface area contributed by atoms with E-state index < -0.39 is 0 Å². The fourth-order valence-electron chi connectivity index (χ4n) is 4.11. The minimum Gasteiger partial charge on any atom is -0.493 e. The minimum atomic E-state index is -0.317. The van der Waals surface area contributed by atoms with Gasteiger partial charge in [-0.05, 0) is 47.9 Å². The highest BCUT2D eigenvalue weighted by Gasteiger charge is 2.17. The van der Waals surface area contributed by atoms with Crippen molar-refractivity contribution in [3.63, 3.8) is 0 Å². The zero-order valence-electron chi connectivity index (χ0n) is 21.1. The topological polar surface area (TPSA) is 117 Å². The molecule has 4 aromatic rings. The van der Waals surface area contributed by atoms with Crippen LogP contribution in [0.3, 0.4) is 0 Å². The molecule has 0 aliphatic carbocycles. The first kappa shape index (κ1) is 25.8. The zero-order valence-corrected chi connectivity index (χ0v) is 21.1. The van der Waals surface area contributed by atoms with Crippen molar-refractivity contribution in [1.82, 2.24) is 0 Å². The standard InChI is InChI=1S/C29H30N2O6/c1-4-35-27(32)14-20-9-8-18(15-33-2)10-25(20)36-16-23-17-37-28-24(23)12-22(13-26(28)34-3)19-6-5-7-21(11-19)29(30)31/h5-13,17H,4,14-16H2,1-3H3,(H3,30,31). The molecule has 0 saturated heterocycles. The van der Waals surface area contributed by atoms with Crippen molar-refractivity contribution in [3.05, 3.63) is 83.1 Å². The average molecular weight is 503 g/mol. The third kappa shape index (κ3) is 5.92. The maximum atomic E-state index is 12.1. The van der Waals surface area contributed by atoms with Gasteiger partial charge in [0.1, 0.15) is 18.2 Å². The van der Waals surface area contributed by atoms with Crippen LogP contribution in [-0.4, -0.2) is 32.6 Å². The summed E-state index contributed by atoms with van der Waals surface area (Å²) in [5, 5.41) is 8.59. The van der Waals surface area contributed by atoms with Crippen LogP contribution in [-0.2, 0) is 33.9 Å². The molecule has 0 aliphatic rings. The maximum Gasteiger partial charge on any atom is 0.310 e. The van der Waals surface area contributed by atoms with Crippen LogP contribution in [0.5, 0.6) is 11.5 Å². The Hall–Kier alpha value is -4.30. The van der Waals surface area contributed by atoms with E-state index in [1.165, 1.54) is 0 Å². The van der Waals surface area contributed by atoms with Crippen LogP contribution in [0.2, 0.25) is 0 Å². The Morgan fingerprint density at radius 1 is 0.973 bits per heavy atom. The molecule has 0 spiro atoms. The highest BCUT2D eigenvalue weighted by Crippen LogP contribution is 2.36. The van der Waals surface area contributed by atoms with Crippen LogP contribution >= 0.6 is 0 Å². The Labute approximate surface area is 215 Å². The summed E-state index contributed by atoms with van der Waals surface area (Å²) in [6.45, 7) is 2.72. The summed E-state index contributed by atoms with van der Waals surface area (Å²) in [6.07, 6.45) is 1.75. The van der Waals surface area contributed by atoms with E-state index in [4.69, 9.17) is 34.5 Å². The van der Waals surface area contributed by atoms with E-state index in [2.05, 4.69) is 0 Å². The predicted molar refractivity (Wildman–Crippen MR) is 141 cm³/mol. The first-order valence-corrected chi connectivity index (χ1v) is 11.9. The van der Waals surface area contributed by atoms with Crippen LogP contribution in [0.15, 0.2) is 65.3 Å². The van der Waals surface area contributed by atoms with E-state index in [9.17, 15) is 4.79 Å². The maximum absolute atomic E-state index is 12.1. The molecule has 0 radical (unpaired) electrons. The van der Waals surface area contributed by atoms with Gasteiger partial charge >= 0.3 is 5.97 Å². The van der Waals surface area contributed by atoms with Crippen molar-refractivity contribution < 1.29 is 28.2 Å². The van der Waals surface area contributed by atoms with Crippen molar-refractivity contribution in [2.45, 2.75) is 26.6 Å². The highest BCUT2D eigenvalue weighted by molar-refractivity contribution is 5.97. The van der Waals surface area contributed by atoms with E-state index in [1.807, 2.05) is 48.5 Å². The molecule has 0 aliphatic heterocycles. The molecule has 0 unspecified atom stereocenters. The number of hydrogen-bond donors (Lipinski definition) is 2. The molecule has 37 heavy (non-hydrogen) atoms. The molecule has 0 saturated carbocycles. The number of ether oxygens (including phenoxy) is 4. The van der Waals surface area contributed by atoms with Crippen LogP contribution in [0, 0.1) is 5.41 Å². The summed E-state index contributed by atoms with van der Waals surface area (Å²) >= 11 is 0. The van der Waals surface area contributed by atoms with Crippen LogP contribution in [0.1, 0.15) is 29.2 Å². The van der Waals surface area contributed by atoms with Crippen molar-refractivity contribution in [2.24, 2.45) is 5.73 Å². The SMILES string of the molecule is CCOC(=O)Cc1ccc(COC)cc1OCc1coc2c(OC)cc(-c3cccc(C(=N)N)c3)cc12. The number of nitrogens with one attached hydrogen (secondary N) is 1. The second-order valence-corrected chi connectivity index (χ2v) is 8.46. The molecule has 8 heteroatoms. The van der Waals surface area contributed by atoms with Crippen LogP contribution in [0.25, 0.3) is 22.1 Å². The van der Waals surface area contributed by atoms with Gasteiger partial charge in [0.05, 0.1) is 33.0 Å². The molecular weight excluding hydrogens is 472 g/mol. The van der Waals surface area contributed by atoms with Gasteiger partial charge in [-0.3, -0.25) is 10.2 Å². The van der Waals surface area contributed by atoms with E-state index in [-0.39, 0.29) is 24.8 Å². The molecule has 1 aromatic heterocycles. The molecular formula is C29H30N2O6. The Kier molecular flexibility index (Phi) is 8.10. The second-order valence-electron chi connectivity index (χ2n) is 8.46. The Balaban J connectivity index is 1.68. The molecule has 1 heterocycles. The van der Waals surface area contributed by atoms with Crippen molar-refractivity contribution >= 4 is 22.8 Å². The number of esters is 1. The lowest BCUT2D eigenvalue weighted by Gasteiger charge is -2.13. The van der Waals surface area contributed by atoms with Gasteiger partial charge in [-0.25, -0.2) is 0 Å². The molecule has 0 atom stereocenters. The number of carbonyl (C=O) groups is 1. The first-order chi connectivity index (χ1) is 17.9. The molecule has 0 fully saturated rings. The van der Waals surface area contributed by atoms with Crippen molar-refractivity contribution in [1.29, 1.82) is 5.41 Å². The Bertz CT molecular complexity index is 1430. The Morgan fingerprint density at radius 2 is 1.81 bits per heavy atom. The molecule has 8 nitrogen and oxygen atoms in total. The third-order valence-electron chi connectivity index (χ3n) is 5.91. The van der Waals surface area contributed by atoms with Gasteiger partial charge in [0.2, 0.25) is 0 Å². The van der Waals surface area contributed by atoms with Crippen molar-refractivity contribution in [2.75, 3.05) is 20.8 Å². The van der Waals surface area contributed by atoms with Gasteiger partial charge in [0.15, 0.2) is 11.3 Å². The largest absolute Gasteiger partial charge is 0.493 e. The van der Waals surface area contributed by atoms with E-state index in [0.717, 1.165) is 33.2 Å². The molecule has 3 aromatic carbocycles. The van der Waals surface area contributed by atoms with Crippen LogP contribution in [0.4, 0.5) is 0 Å². The summed E-state index contributed by atoms with van der Waals surface area (Å²) in [5.74, 6) is 0.843. The van der Waals surface area contributed by atoms with Gasteiger partial charge in [-0.2, -0.15) is 0 Å². The van der Waals surface area contributed by atoms with Crippen LogP contribution < -0.4 is 15.2 Å². The number of carbonyl (C=O) groups excluding carboxylic acids is 1. The number of rotatable bonds is 11. The number of fused-ring (bicyclic) bond motifs is 1. The second kappa shape index (κ2) is 11.6. The molecule has 0 amide bonds.